The van der Waals surface area contributed by atoms with Crippen LogP contribution >= 0.6 is 12.6 Å². The van der Waals surface area contributed by atoms with Gasteiger partial charge in [0.2, 0.25) is 0 Å². The van der Waals surface area contributed by atoms with Crippen LogP contribution in [0, 0.1) is 0 Å². The highest BCUT2D eigenvalue weighted by Gasteiger charge is 2.18. The molecule has 2 N–H and O–H groups in total. The Labute approximate surface area is 113 Å². The maximum Gasteiger partial charge on any atom is 0.123 e. The summed E-state index contributed by atoms with van der Waals surface area (Å²) in [4.78, 5) is 7.38. The van der Waals surface area contributed by atoms with Gasteiger partial charge in [-0.05, 0) is 32.4 Å². The summed E-state index contributed by atoms with van der Waals surface area (Å²) in [7, 11) is 0. The summed E-state index contributed by atoms with van der Waals surface area (Å²) in [6.45, 7) is 6.43. The molecule has 4 heteroatoms. The number of nitrogens with one attached hydrogen (secondary N) is 2. The highest BCUT2D eigenvalue weighted by molar-refractivity contribution is 7.80. The monoisotopic (exact) mass is 261 g/mol. The van der Waals surface area contributed by atoms with Crippen molar-refractivity contribution < 1.29 is 0 Å². The number of hydrogen-bond acceptors (Lipinski definition) is 3. The van der Waals surface area contributed by atoms with E-state index in [2.05, 4.69) is 60.8 Å². The van der Waals surface area contributed by atoms with E-state index < -0.39 is 0 Å². The molecule has 0 fully saturated rings. The molecule has 1 unspecified atom stereocenters. The van der Waals surface area contributed by atoms with Gasteiger partial charge in [-0.2, -0.15) is 12.6 Å². The quantitative estimate of drug-likeness (QED) is 0.738. The average Bonchev–Trinajstić information content (AvgIpc) is 2.80. The predicted molar refractivity (Wildman–Crippen MR) is 79.2 cm³/mol. The molecule has 2 rings (SSSR count). The Bertz CT molecular complexity index is 500. The van der Waals surface area contributed by atoms with Crippen LogP contribution in [0.5, 0.6) is 0 Å². The number of thiol groups is 1. The Balaban J connectivity index is 2.33. The van der Waals surface area contributed by atoms with Crippen LogP contribution in [0.1, 0.15) is 37.4 Å². The summed E-state index contributed by atoms with van der Waals surface area (Å²) < 4.78 is 0. The highest BCUT2D eigenvalue weighted by atomic mass is 32.1. The van der Waals surface area contributed by atoms with Crippen LogP contribution in [0.4, 0.5) is 5.69 Å². The maximum atomic E-state index is 4.66. The number of anilines is 1. The summed E-state index contributed by atoms with van der Waals surface area (Å²) in [6.07, 6.45) is 3.57. The molecule has 0 bridgehead atoms. The normalized spacial score (nSPS) is 13.3. The SMILES string of the molecule is CC(C)(C)Nc1ccccc1C(S)c1ncc[nH]1. The first kappa shape index (κ1) is 13.0. The molecule has 3 nitrogen and oxygen atoms in total. The van der Waals surface area contributed by atoms with Crippen LogP contribution < -0.4 is 5.32 Å². The number of aromatic amines is 1. The molecular weight excluding hydrogens is 242 g/mol. The van der Waals surface area contributed by atoms with Gasteiger partial charge in [-0.1, -0.05) is 18.2 Å². The average molecular weight is 261 g/mol. The van der Waals surface area contributed by atoms with E-state index in [-0.39, 0.29) is 10.8 Å². The van der Waals surface area contributed by atoms with E-state index in [0.29, 0.717) is 0 Å². The van der Waals surface area contributed by atoms with Crippen molar-refractivity contribution in [2.24, 2.45) is 0 Å². The number of para-hydroxylation sites is 1. The van der Waals surface area contributed by atoms with Crippen molar-refractivity contribution >= 4 is 18.3 Å². The van der Waals surface area contributed by atoms with Crippen molar-refractivity contribution in [2.75, 3.05) is 5.32 Å². The lowest BCUT2D eigenvalue weighted by atomic mass is 10.0. The van der Waals surface area contributed by atoms with E-state index in [1.165, 1.54) is 0 Å². The van der Waals surface area contributed by atoms with Gasteiger partial charge in [-0.3, -0.25) is 0 Å². The Hall–Kier alpha value is -1.42. The molecule has 18 heavy (non-hydrogen) atoms. The summed E-state index contributed by atoms with van der Waals surface area (Å²) in [5, 5.41) is 3.45. The molecule has 0 amide bonds. The summed E-state index contributed by atoms with van der Waals surface area (Å²) in [5.74, 6) is 0.862. The van der Waals surface area contributed by atoms with Gasteiger partial charge in [-0.25, -0.2) is 4.98 Å². The van der Waals surface area contributed by atoms with Crippen LogP contribution in [0.2, 0.25) is 0 Å². The van der Waals surface area contributed by atoms with Gasteiger partial charge >= 0.3 is 0 Å². The number of nitrogens with zero attached hydrogens (tertiary/aromatic N) is 1. The minimum Gasteiger partial charge on any atom is -0.380 e. The van der Waals surface area contributed by atoms with Crippen LogP contribution in [0.25, 0.3) is 0 Å². The van der Waals surface area contributed by atoms with Crippen LogP contribution in [0.3, 0.4) is 0 Å². The van der Waals surface area contributed by atoms with E-state index in [0.717, 1.165) is 17.1 Å². The van der Waals surface area contributed by atoms with Crippen molar-refractivity contribution in [1.82, 2.24) is 9.97 Å². The van der Waals surface area contributed by atoms with Gasteiger partial charge in [0.15, 0.2) is 0 Å². The van der Waals surface area contributed by atoms with Crippen LogP contribution in [-0.4, -0.2) is 15.5 Å². The van der Waals surface area contributed by atoms with Crippen LogP contribution in [-0.2, 0) is 0 Å². The van der Waals surface area contributed by atoms with E-state index in [1.54, 1.807) is 6.20 Å². The molecule has 0 saturated carbocycles. The van der Waals surface area contributed by atoms with Gasteiger partial charge in [0.1, 0.15) is 5.82 Å². The van der Waals surface area contributed by atoms with Gasteiger partial charge in [-0.15, -0.1) is 0 Å². The standard InChI is InChI=1S/C14H19N3S/c1-14(2,3)17-11-7-5-4-6-10(11)12(18)13-15-8-9-16-13/h4-9,12,17-18H,1-3H3,(H,15,16). The smallest absolute Gasteiger partial charge is 0.123 e. The van der Waals surface area contributed by atoms with Crippen molar-refractivity contribution in [2.45, 2.75) is 31.6 Å². The lowest BCUT2D eigenvalue weighted by Gasteiger charge is -2.25. The molecule has 2 aromatic rings. The van der Waals surface area contributed by atoms with Crippen molar-refractivity contribution in [3.8, 4) is 0 Å². The first-order valence-corrected chi connectivity index (χ1v) is 6.53. The minimum atomic E-state index is -0.0500. The number of aromatic nitrogens is 2. The Kier molecular flexibility index (Phi) is 3.66. The van der Waals surface area contributed by atoms with E-state index in [9.17, 15) is 0 Å². The van der Waals surface area contributed by atoms with Crippen molar-refractivity contribution in [3.05, 3.63) is 48.0 Å². The van der Waals surface area contributed by atoms with E-state index >= 15 is 0 Å². The first-order valence-electron chi connectivity index (χ1n) is 6.02. The second kappa shape index (κ2) is 5.06. The zero-order chi connectivity index (χ0) is 13.2. The fourth-order valence-corrected chi connectivity index (χ4v) is 2.19. The molecular formula is C14H19N3S. The Morgan fingerprint density at radius 2 is 2.00 bits per heavy atom. The zero-order valence-corrected chi connectivity index (χ0v) is 11.8. The molecule has 1 aromatic carbocycles. The number of benzene rings is 1. The molecule has 0 saturated heterocycles. The van der Waals surface area contributed by atoms with Crippen molar-refractivity contribution in [1.29, 1.82) is 0 Å². The lowest BCUT2D eigenvalue weighted by Crippen LogP contribution is -2.26. The molecule has 1 heterocycles. The van der Waals surface area contributed by atoms with Crippen molar-refractivity contribution in [3.63, 3.8) is 0 Å². The summed E-state index contributed by atoms with van der Waals surface area (Å²) in [6, 6.07) is 8.20. The number of imidazole rings is 1. The minimum absolute atomic E-state index is 0.0206. The summed E-state index contributed by atoms with van der Waals surface area (Å²) in [5.41, 5.74) is 2.25. The molecule has 0 aliphatic heterocycles. The predicted octanol–water partition coefficient (Wildman–Crippen LogP) is 3.64. The van der Waals surface area contributed by atoms with Gasteiger partial charge in [0.05, 0.1) is 5.25 Å². The second-order valence-electron chi connectivity index (χ2n) is 5.34. The van der Waals surface area contributed by atoms with Gasteiger partial charge in [0.25, 0.3) is 0 Å². The summed E-state index contributed by atoms with van der Waals surface area (Å²) >= 11 is 4.66. The topological polar surface area (TPSA) is 40.7 Å². The highest BCUT2D eigenvalue weighted by Crippen LogP contribution is 2.32. The molecule has 1 aromatic heterocycles. The number of rotatable bonds is 3. The molecule has 0 aliphatic carbocycles. The van der Waals surface area contributed by atoms with E-state index in [4.69, 9.17) is 0 Å². The fraction of sp³-hybridized carbons (Fsp3) is 0.357. The van der Waals surface area contributed by atoms with Crippen LogP contribution in [0.15, 0.2) is 36.7 Å². The number of hydrogen-bond donors (Lipinski definition) is 3. The zero-order valence-electron chi connectivity index (χ0n) is 10.9. The maximum absolute atomic E-state index is 4.66. The molecule has 0 spiro atoms. The molecule has 0 aliphatic rings. The van der Waals surface area contributed by atoms with Gasteiger partial charge in [0, 0.05) is 23.6 Å². The largest absolute Gasteiger partial charge is 0.380 e. The second-order valence-corrected chi connectivity index (χ2v) is 5.86. The lowest BCUT2D eigenvalue weighted by molar-refractivity contribution is 0.633. The number of H-pyrrole nitrogens is 1. The third kappa shape index (κ3) is 3.07. The molecule has 96 valence electrons. The Morgan fingerprint density at radius 3 is 2.61 bits per heavy atom. The molecule has 0 radical (unpaired) electrons. The van der Waals surface area contributed by atoms with Gasteiger partial charge < -0.3 is 10.3 Å². The van der Waals surface area contributed by atoms with E-state index in [1.807, 2.05) is 18.3 Å². The third-order valence-corrected chi connectivity index (χ3v) is 3.07. The third-order valence-electron chi connectivity index (χ3n) is 2.54. The first-order chi connectivity index (χ1) is 8.47. The Morgan fingerprint density at radius 1 is 1.28 bits per heavy atom. The fourth-order valence-electron chi connectivity index (χ4n) is 1.83. The molecule has 1 atom stereocenters.